The summed E-state index contributed by atoms with van der Waals surface area (Å²) >= 11 is 5.79. The second-order valence-corrected chi connectivity index (χ2v) is 3.73. The van der Waals surface area contributed by atoms with Crippen LogP contribution >= 0.6 is 11.6 Å². The normalized spacial score (nSPS) is 21.1. The average Bonchev–Trinajstić information content (AvgIpc) is 2.54. The van der Waals surface area contributed by atoms with Gasteiger partial charge in [0.1, 0.15) is 11.3 Å². The van der Waals surface area contributed by atoms with Crippen LogP contribution in [0.1, 0.15) is 12.1 Å². The molecule has 0 bridgehead atoms. The van der Waals surface area contributed by atoms with Gasteiger partial charge in [-0.25, -0.2) is 4.98 Å². The molecule has 1 fully saturated rings. The molecule has 2 rings (SSSR count). The second kappa shape index (κ2) is 4.11. The van der Waals surface area contributed by atoms with E-state index in [0.717, 1.165) is 25.2 Å². The largest absolute Gasteiger partial charge is 0.459 e. The molecule has 76 valence electrons. The molecule has 1 aromatic heterocycles. The van der Waals surface area contributed by atoms with E-state index in [1.54, 1.807) is 6.07 Å². The van der Waals surface area contributed by atoms with Crippen LogP contribution in [0.4, 0.5) is 0 Å². The third-order valence-corrected chi connectivity index (χ3v) is 2.28. The summed E-state index contributed by atoms with van der Waals surface area (Å²) < 4.78 is 5.57. The Morgan fingerprint density at radius 1 is 1.57 bits per heavy atom. The average molecular weight is 214 g/mol. The van der Waals surface area contributed by atoms with Gasteiger partial charge in [0, 0.05) is 12.2 Å². The van der Waals surface area contributed by atoms with E-state index in [4.69, 9.17) is 16.3 Å². The Morgan fingerprint density at radius 3 is 3.07 bits per heavy atom. The molecule has 14 heavy (non-hydrogen) atoms. The topological polar surface area (TPSA) is 47.0 Å². The molecule has 0 spiro atoms. The Balaban J connectivity index is 2.07. The molecule has 1 N–H and O–H groups in total. The fourth-order valence-electron chi connectivity index (χ4n) is 1.43. The van der Waals surface area contributed by atoms with Crippen molar-refractivity contribution in [2.45, 2.75) is 19.4 Å². The van der Waals surface area contributed by atoms with E-state index < -0.39 is 0 Å². The zero-order chi connectivity index (χ0) is 9.97. The van der Waals surface area contributed by atoms with Gasteiger partial charge in [-0.1, -0.05) is 11.6 Å². The molecule has 4 nitrogen and oxygen atoms in total. The van der Waals surface area contributed by atoms with Crippen LogP contribution in [0.5, 0.6) is 6.01 Å². The predicted molar refractivity (Wildman–Crippen MR) is 53.7 cm³/mol. The number of ether oxygens (including phenoxy) is 1. The summed E-state index contributed by atoms with van der Waals surface area (Å²) in [5.41, 5.74) is 0.825. The quantitative estimate of drug-likeness (QED) is 0.750. The number of aromatic nitrogens is 2. The summed E-state index contributed by atoms with van der Waals surface area (Å²) in [6.45, 7) is 3.71. The minimum atomic E-state index is 0.174. The van der Waals surface area contributed by atoms with Crippen molar-refractivity contribution in [1.29, 1.82) is 0 Å². The molecule has 0 radical (unpaired) electrons. The molecular formula is C9H12ClN3O. The number of hydrogen-bond donors (Lipinski definition) is 1. The molecule has 1 aromatic rings. The van der Waals surface area contributed by atoms with Crippen LogP contribution in [-0.2, 0) is 0 Å². The van der Waals surface area contributed by atoms with Gasteiger partial charge in [-0.15, -0.1) is 0 Å². The van der Waals surface area contributed by atoms with Crippen molar-refractivity contribution >= 4 is 11.6 Å². The Hall–Kier alpha value is -0.870. The molecule has 0 amide bonds. The fourth-order valence-corrected chi connectivity index (χ4v) is 1.66. The van der Waals surface area contributed by atoms with E-state index in [0.29, 0.717) is 11.2 Å². The lowest BCUT2D eigenvalue weighted by Crippen LogP contribution is -2.20. The maximum absolute atomic E-state index is 5.79. The number of nitrogens with zero attached hydrogens (tertiary/aromatic N) is 2. The van der Waals surface area contributed by atoms with Crippen molar-refractivity contribution in [1.82, 2.24) is 15.3 Å². The maximum atomic E-state index is 5.79. The molecule has 0 saturated carbocycles. The first-order valence-corrected chi connectivity index (χ1v) is 5.00. The van der Waals surface area contributed by atoms with E-state index in [2.05, 4.69) is 15.3 Å². The highest BCUT2D eigenvalue weighted by Gasteiger charge is 2.17. The first kappa shape index (κ1) is 9.68. The summed E-state index contributed by atoms with van der Waals surface area (Å²) in [5.74, 6) is 0. The summed E-state index contributed by atoms with van der Waals surface area (Å²) in [6.07, 6.45) is 1.17. The van der Waals surface area contributed by atoms with Gasteiger partial charge in [0.15, 0.2) is 0 Å². The van der Waals surface area contributed by atoms with Gasteiger partial charge < -0.3 is 10.1 Å². The SMILES string of the molecule is Cc1cc(Cl)nc(OC2CCNC2)n1. The lowest BCUT2D eigenvalue weighted by molar-refractivity contribution is 0.204. The standard InChI is InChI=1S/C9H12ClN3O/c1-6-4-8(10)13-9(12-6)14-7-2-3-11-5-7/h4,7,11H,2-3,5H2,1H3. The van der Waals surface area contributed by atoms with Gasteiger partial charge in [0.25, 0.3) is 0 Å². The molecule has 0 aromatic carbocycles. The van der Waals surface area contributed by atoms with E-state index in [9.17, 15) is 0 Å². The fraction of sp³-hybridized carbons (Fsp3) is 0.556. The highest BCUT2D eigenvalue weighted by atomic mass is 35.5. The van der Waals surface area contributed by atoms with Crippen LogP contribution in [0.25, 0.3) is 0 Å². The van der Waals surface area contributed by atoms with Crippen LogP contribution < -0.4 is 10.1 Å². The van der Waals surface area contributed by atoms with Crippen LogP contribution in [0.3, 0.4) is 0 Å². The van der Waals surface area contributed by atoms with Crippen molar-refractivity contribution in [2.24, 2.45) is 0 Å². The number of halogens is 1. The van der Waals surface area contributed by atoms with Crippen LogP contribution in [0, 0.1) is 6.92 Å². The zero-order valence-corrected chi connectivity index (χ0v) is 8.71. The second-order valence-electron chi connectivity index (χ2n) is 3.35. The van der Waals surface area contributed by atoms with E-state index in [1.165, 1.54) is 0 Å². The molecule has 1 atom stereocenters. The molecule has 1 saturated heterocycles. The van der Waals surface area contributed by atoms with Crippen molar-refractivity contribution < 1.29 is 4.74 Å². The molecule has 0 aliphatic carbocycles. The minimum Gasteiger partial charge on any atom is -0.459 e. The lowest BCUT2D eigenvalue weighted by atomic mass is 10.3. The molecule has 1 unspecified atom stereocenters. The number of nitrogens with one attached hydrogen (secondary N) is 1. The smallest absolute Gasteiger partial charge is 0.318 e. The van der Waals surface area contributed by atoms with E-state index in [1.807, 2.05) is 6.92 Å². The molecule has 1 aliphatic heterocycles. The van der Waals surface area contributed by atoms with Crippen LogP contribution in [-0.4, -0.2) is 29.2 Å². The van der Waals surface area contributed by atoms with Crippen LogP contribution in [0.2, 0.25) is 5.15 Å². The number of rotatable bonds is 2. The van der Waals surface area contributed by atoms with Gasteiger partial charge in [-0.2, -0.15) is 4.98 Å². The van der Waals surface area contributed by atoms with Crippen molar-refractivity contribution in [3.63, 3.8) is 0 Å². The third-order valence-electron chi connectivity index (χ3n) is 2.09. The monoisotopic (exact) mass is 213 g/mol. The first-order chi connectivity index (χ1) is 6.74. The van der Waals surface area contributed by atoms with Gasteiger partial charge in [-0.05, 0) is 26.0 Å². The summed E-state index contributed by atoms with van der Waals surface area (Å²) in [7, 11) is 0. The predicted octanol–water partition coefficient (Wildman–Crippen LogP) is 1.18. The number of aryl methyl sites for hydroxylation is 1. The molecule has 2 heterocycles. The van der Waals surface area contributed by atoms with Gasteiger partial charge in [0.2, 0.25) is 0 Å². The van der Waals surface area contributed by atoms with Gasteiger partial charge in [0.05, 0.1) is 0 Å². The summed E-state index contributed by atoms with van der Waals surface area (Å²) in [4.78, 5) is 8.15. The Kier molecular flexibility index (Phi) is 2.84. The Labute approximate surface area is 87.7 Å². The van der Waals surface area contributed by atoms with Crippen molar-refractivity contribution in [2.75, 3.05) is 13.1 Å². The number of hydrogen-bond acceptors (Lipinski definition) is 4. The highest BCUT2D eigenvalue weighted by Crippen LogP contribution is 2.14. The minimum absolute atomic E-state index is 0.174. The third kappa shape index (κ3) is 2.33. The Bertz CT molecular complexity index is 306. The summed E-state index contributed by atoms with van der Waals surface area (Å²) in [6, 6.07) is 2.09. The van der Waals surface area contributed by atoms with E-state index in [-0.39, 0.29) is 6.10 Å². The van der Waals surface area contributed by atoms with Gasteiger partial charge in [-0.3, -0.25) is 0 Å². The zero-order valence-electron chi connectivity index (χ0n) is 7.96. The van der Waals surface area contributed by atoms with Gasteiger partial charge >= 0.3 is 6.01 Å². The lowest BCUT2D eigenvalue weighted by Gasteiger charge is -2.10. The van der Waals surface area contributed by atoms with Crippen LogP contribution in [0.15, 0.2) is 6.07 Å². The molecule has 5 heteroatoms. The molecule has 1 aliphatic rings. The van der Waals surface area contributed by atoms with Crippen molar-refractivity contribution in [3.8, 4) is 6.01 Å². The summed E-state index contributed by atoms with van der Waals surface area (Å²) in [5, 5.41) is 3.64. The molecular weight excluding hydrogens is 202 g/mol. The highest BCUT2D eigenvalue weighted by molar-refractivity contribution is 6.29. The Morgan fingerprint density at radius 2 is 2.43 bits per heavy atom. The maximum Gasteiger partial charge on any atom is 0.318 e. The first-order valence-electron chi connectivity index (χ1n) is 4.62. The van der Waals surface area contributed by atoms with Crippen molar-refractivity contribution in [3.05, 3.63) is 16.9 Å². The van der Waals surface area contributed by atoms with E-state index >= 15 is 0 Å².